The number of carbonyl (C=O) groups is 2. The fourth-order valence-corrected chi connectivity index (χ4v) is 3.50. The van der Waals surface area contributed by atoms with E-state index in [0.29, 0.717) is 16.2 Å². The second-order valence-corrected chi connectivity index (χ2v) is 9.18. The highest BCUT2D eigenvalue weighted by atomic mass is 35.5. The second-order valence-electron chi connectivity index (χ2n) is 8.75. The Labute approximate surface area is 205 Å². The van der Waals surface area contributed by atoms with Gasteiger partial charge in [0.15, 0.2) is 5.82 Å². The van der Waals surface area contributed by atoms with Crippen LogP contribution in [-0.2, 0) is 22.6 Å². The third-order valence-electron chi connectivity index (χ3n) is 4.86. The van der Waals surface area contributed by atoms with Crippen molar-refractivity contribution >= 4 is 34.5 Å². The maximum Gasteiger partial charge on any atom is 0.326 e. The van der Waals surface area contributed by atoms with Crippen molar-refractivity contribution in [1.29, 1.82) is 0 Å². The minimum Gasteiger partial charge on any atom is -0.459 e. The molecule has 35 heavy (non-hydrogen) atoms. The summed E-state index contributed by atoms with van der Waals surface area (Å²) in [6.07, 6.45) is 2.99. The van der Waals surface area contributed by atoms with Gasteiger partial charge in [0.2, 0.25) is 0 Å². The number of carbonyl (C=O) groups excluding carboxylic acids is 2. The van der Waals surface area contributed by atoms with Crippen LogP contribution in [0.2, 0.25) is 5.02 Å². The van der Waals surface area contributed by atoms with Gasteiger partial charge >= 0.3 is 5.97 Å². The van der Waals surface area contributed by atoms with Gasteiger partial charge in [0.1, 0.15) is 23.4 Å². The SMILES string of the molecule is CC(C)(C)OC(=O)Cn1c(=O)c(C(=O)NCc2ccc(Cl)cc2)cc2ccc(-n3nccn3)nc21. The van der Waals surface area contributed by atoms with Gasteiger partial charge in [-0.3, -0.25) is 19.0 Å². The molecular formula is C24H23ClN6O4. The average Bonchev–Trinajstić information content (AvgIpc) is 3.34. The van der Waals surface area contributed by atoms with Gasteiger partial charge in [-0.1, -0.05) is 23.7 Å². The molecule has 0 radical (unpaired) electrons. The summed E-state index contributed by atoms with van der Waals surface area (Å²) in [5.74, 6) is -0.869. The van der Waals surface area contributed by atoms with E-state index < -0.39 is 29.6 Å². The molecule has 3 aromatic heterocycles. The van der Waals surface area contributed by atoms with E-state index in [9.17, 15) is 14.4 Å². The van der Waals surface area contributed by atoms with Gasteiger partial charge in [-0.25, -0.2) is 4.98 Å². The number of hydrogen-bond acceptors (Lipinski definition) is 7. The number of amides is 1. The second kappa shape index (κ2) is 9.67. The maximum atomic E-state index is 13.4. The van der Waals surface area contributed by atoms with Crippen LogP contribution in [0, 0.1) is 0 Å². The molecule has 0 bridgehead atoms. The minimum absolute atomic E-state index is 0.123. The highest BCUT2D eigenvalue weighted by Crippen LogP contribution is 2.16. The summed E-state index contributed by atoms with van der Waals surface area (Å²) in [5, 5.41) is 11.9. The van der Waals surface area contributed by atoms with Crippen LogP contribution in [0.4, 0.5) is 0 Å². The summed E-state index contributed by atoms with van der Waals surface area (Å²) < 4.78 is 6.53. The first-order valence-corrected chi connectivity index (χ1v) is 11.1. The van der Waals surface area contributed by atoms with Crippen molar-refractivity contribution in [1.82, 2.24) is 29.9 Å². The number of pyridine rings is 2. The summed E-state index contributed by atoms with van der Waals surface area (Å²) in [7, 11) is 0. The molecule has 0 saturated carbocycles. The van der Waals surface area contributed by atoms with E-state index in [2.05, 4.69) is 20.5 Å². The number of nitrogens with zero attached hydrogens (tertiary/aromatic N) is 5. The number of aromatic nitrogens is 5. The number of ether oxygens (including phenoxy) is 1. The molecule has 0 aliphatic heterocycles. The van der Waals surface area contributed by atoms with Gasteiger partial charge in [-0.15, -0.1) is 4.80 Å². The van der Waals surface area contributed by atoms with Crippen molar-refractivity contribution in [3.8, 4) is 5.82 Å². The van der Waals surface area contributed by atoms with Crippen molar-refractivity contribution < 1.29 is 14.3 Å². The van der Waals surface area contributed by atoms with Crippen molar-refractivity contribution in [3.63, 3.8) is 0 Å². The van der Waals surface area contributed by atoms with Gasteiger partial charge < -0.3 is 10.1 Å². The normalized spacial score (nSPS) is 11.4. The zero-order chi connectivity index (χ0) is 25.2. The van der Waals surface area contributed by atoms with Gasteiger partial charge in [-0.05, 0) is 56.7 Å². The number of halogens is 1. The van der Waals surface area contributed by atoms with Gasteiger partial charge in [-0.2, -0.15) is 10.2 Å². The molecule has 3 heterocycles. The smallest absolute Gasteiger partial charge is 0.326 e. The Morgan fingerprint density at radius 3 is 2.40 bits per heavy atom. The van der Waals surface area contributed by atoms with Crippen LogP contribution < -0.4 is 10.9 Å². The van der Waals surface area contributed by atoms with E-state index in [-0.39, 0.29) is 17.8 Å². The molecule has 0 saturated heterocycles. The van der Waals surface area contributed by atoms with Crippen LogP contribution >= 0.6 is 11.6 Å². The molecule has 0 aliphatic rings. The van der Waals surface area contributed by atoms with Crippen LogP contribution in [0.1, 0.15) is 36.7 Å². The van der Waals surface area contributed by atoms with E-state index in [4.69, 9.17) is 16.3 Å². The lowest BCUT2D eigenvalue weighted by atomic mass is 10.1. The first kappa shape index (κ1) is 24.1. The number of hydrogen-bond donors (Lipinski definition) is 1. The Hall–Kier alpha value is -4.05. The largest absolute Gasteiger partial charge is 0.459 e. The Morgan fingerprint density at radius 2 is 1.74 bits per heavy atom. The molecule has 0 fully saturated rings. The first-order chi connectivity index (χ1) is 16.6. The Balaban J connectivity index is 1.73. The molecule has 10 nitrogen and oxygen atoms in total. The lowest BCUT2D eigenvalue weighted by molar-refractivity contribution is -0.155. The molecule has 180 valence electrons. The average molecular weight is 495 g/mol. The standard InChI is InChI=1S/C24H23ClN6O4/c1-24(2,3)35-20(32)14-30-21-16(6-9-19(29-21)31-27-10-11-28-31)12-18(23(30)34)22(33)26-13-15-4-7-17(25)8-5-15/h4-12H,13-14H2,1-3H3,(H,26,33). The number of benzene rings is 1. The fourth-order valence-electron chi connectivity index (χ4n) is 3.37. The van der Waals surface area contributed by atoms with Crippen LogP contribution in [0.3, 0.4) is 0 Å². The van der Waals surface area contributed by atoms with E-state index in [0.717, 1.165) is 10.1 Å². The third kappa shape index (κ3) is 5.72. The molecule has 0 spiro atoms. The molecule has 1 N–H and O–H groups in total. The van der Waals surface area contributed by atoms with E-state index in [1.54, 1.807) is 57.2 Å². The molecule has 4 aromatic rings. The molecular weight excluding hydrogens is 472 g/mol. The monoisotopic (exact) mass is 494 g/mol. The van der Waals surface area contributed by atoms with Crippen LogP contribution in [-0.4, -0.2) is 42.0 Å². The fraction of sp³-hybridized carbons (Fsp3) is 0.250. The predicted octanol–water partition coefficient (Wildman–Crippen LogP) is 2.90. The van der Waals surface area contributed by atoms with Crippen molar-refractivity contribution in [2.75, 3.05) is 0 Å². The summed E-state index contributed by atoms with van der Waals surface area (Å²) >= 11 is 5.90. The van der Waals surface area contributed by atoms with E-state index in [1.165, 1.54) is 23.3 Å². The summed E-state index contributed by atoms with van der Waals surface area (Å²) in [6, 6.07) is 11.8. The summed E-state index contributed by atoms with van der Waals surface area (Å²) in [5.41, 5.74) is -0.529. The molecule has 4 rings (SSSR count). The molecule has 0 aliphatic carbocycles. The van der Waals surface area contributed by atoms with Crippen molar-refractivity contribution in [2.24, 2.45) is 0 Å². The zero-order valence-corrected chi connectivity index (χ0v) is 20.1. The van der Waals surface area contributed by atoms with Gasteiger partial charge in [0.05, 0.1) is 12.4 Å². The topological polar surface area (TPSA) is 121 Å². The highest BCUT2D eigenvalue weighted by molar-refractivity contribution is 6.30. The van der Waals surface area contributed by atoms with Crippen molar-refractivity contribution in [2.45, 2.75) is 39.5 Å². The Kier molecular flexibility index (Phi) is 6.65. The number of esters is 1. The molecule has 1 aromatic carbocycles. The maximum absolute atomic E-state index is 13.4. The van der Waals surface area contributed by atoms with Crippen LogP contribution in [0.15, 0.2) is 59.7 Å². The quantitative estimate of drug-likeness (QED) is 0.409. The molecule has 1 amide bonds. The van der Waals surface area contributed by atoms with E-state index in [1.807, 2.05) is 0 Å². The van der Waals surface area contributed by atoms with Crippen LogP contribution in [0.25, 0.3) is 16.9 Å². The summed E-state index contributed by atoms with van der Waals surface area (Å²) in [4.78, 5) is 44.7. The van der Waals surface area contributed by atoms with Gasteiger partial charge in [0, 0.05) is 17.0 Å². The van der Waals surface area contributed by atoms with Gasteiger partial charge in [0.25, 0.3) is 11.5 Å². The Morgan fingerprint density at radius 1 is 1.06 bits per heavy atom. The predicted molar refractivity (Wildman–Crippen MR) is 129 cm³/mol. The lowest BCUT2D eigenvalue weighted by Crippen LogP contribution is -2.36. The third-order valence-corrected chi connectivity index (χ3v) is 5.12. The molecule has 0 atom stereocenters. The first-order valence-electron chi connectivity index (χ1n) is 10.8. The molecule has 11 heteroatoms. The molecule has 0 unspecified atom stereocenters. The number of rotatable bonds is 6. The summed E-state index contributed by atoms with van der Waals surface area (Å²) in [6.45, 7) is 4.96. The minimum atomic E-state index is -0.748. The highest BCUT2D eigenvalue weighted by Gasteiger charge is 2.22. The Bertz CT molecular complexity index is 1440. The van der Waals surface area contributed by atoms with Crippen LogP contribution in [0.5, 0.6) is 0 Å². The van der Waals surface area contributed by atoms with Crippen molar-refractivity contribution in [3.05, 3.63) is 81.4 Å². The van der Waals surface area contributed by atoms with E-state index >= 15 is 0 Å². The number of fused-ring (bicyclic) bond motifs is 1. The zero-order valence-electron chi connectivity index (χ0n) is 19.4. The lowest BCUT2D eigenvalue weighted by Gasteiger charge is -2.20. The number of nitrogens with one attached hydrogen (secondary N) is 1.